The molecule has 2 aromatic rings. The Morgan fingerprint density at radius 2 is 1.05 bits per heavy atom. The minimum absolute atomic E-state index is 0.0946. The highest BCUT2D eigenvalue weighted by Gasteiger charge is 2.44. The van der Waals surface area contributed by atoms with Crippen molar-refractivity contribution in [2.45, 2.75) is 213 Å². The summed E-state index contributed by atoms with van der Waals surface area (Å²) < 4.78 is 14.0. The van der Waals surface area contributed by atoms with Crippen molar-refractivity contribution in [2.75, 3.05) is 27.2 Å². The fourth-order valence-electron chi connectivity index (χ4n) is 10.5. The van der Waals surface area contributed by atoms with Gasteiger partial charge in [0.1, 0.15) is 52.6 Å². The quantitative estimate of drug-likeness (QED) is 0.0474. The van der Waals surface area contributed by atoms with Crippen molar-refractivity contribution < 1.29 is 47.5 Å². The van der Waals surface area contributed by atoms with Crippen LogP contribution in [0.3, 0.4) is 0 Å². The van der Waals surface area contributed by atoms with E-state index < -0.39 is 112 Å². The maximum absolute atomic E-state index is 14.7. The monoisotopic (exact) mass is 1140 g/mol. The Morgan fingerprint density at radius 1 is 0.561 bits per heavy atom. The van der Waals surface area contributed by atoms with Crippen LogP contribution >= 0.6 is 0 Å². The highest BCUT2D eigenvalue weighted by molar-refractivity contribution is 6.01. The molecule has 0 bridgehead atoms. The number of carbonyl (C=O) groups excluding carboxylic acids is 9. The number of carbonyl (C=O) groups is 9. The predicted molar refractivity (Wildman–Crippen MR) is 315 cm³/mol. The van der Waals surface area contributed by atoms with E-state index in [1.807, 2.05) is 90.9 Å². The van der Waals surface area contributed by atoms with Gasteiger partial charge in [0, 0.05) is 18.7 Å². The third-order valence-electron chi connectivity index (χ3n) is 15.3. The van der Waals surface area contributed by atoms with Crippen LogP contribution in [0.15, 0.2) is 54.6 Å². The number of hydrogen-bond acceptors (Lipinski definition) is 10. The number of halogens is 1. The summed E-state index contributed by atoms with van der Waals surface area (Å²) in [6.07, 6.45) is 7.43. The Labute approximate surface area is 486 Å². The molecule has 1 aliphatic carbocycles. The van der Waals surface area contributed by atoms with Crippen LogP contribution in [0.1, 0.15) is 182 Å². The Hall–Kier alpha value is -6.44. The Morgan fingerprint density at radius 3 is 1.56 bits per heavy atom. The van der Waals surface area contributed by atoms with Gasteiger partial charge in [0.05, 0.1) is 6.04 Å². The Kier molecular flexibility index (Phi) is 25.5. The molecule has 19 nitrogen and oxygen atoms in total. The Bertz CT molecular complexity index is 2490. The van der Waals surface area contributed by atoms with E-state index in [0.29, 0.717) is 38.3 Å². The minimum Gasteiger partial charge on any atom is -0.353 e. The topological polar surface area (TPSA) is 256 Å². The van der Waals surface area contributed by atoms with E-state index in [9.17, 15) is 47.5 Å². The molecule has 2 aliphatic rings. The molecule has 1 heterocycles. The first-order chi connectivity index (χ1) is 38.3. The second-order valence-electron chi connectivity index (χ2n) is 25.8. The van der Waals surface area contributed by atoms with Crippen LogP contribution in [-0.4, -0.2) is 137 Å². The molecule has 1 saturated carbocycles. The molecule has 0 radical (unpaired) electrons. The molecule has 0 unspecified atom stereocenters. The van der Waals surface area contributed by atoms with Gasteiger partial charge in [-0.05, 0) is 154 Å². The molecule has 0 aromatic heterocycles. The summed E-state index contributed by atoms with van der Waals surface area (Å²) in [6, 6.07) is 8.56. The lowest BCUT2D eigenvalue weighted by Crippen LogP contribution is -2.65. The maximum Gasteiger partial charge on any atom is 0.255 e. The summed E-state index contributed by atoms with van der Waals surface area (Å²) in [6.45, 7) is 21.3. The number of rotatable bonds is 29. The standard InChI is InChI=1S/C62H97FN10O9/c1-38(2)35-46(52(75)67-48(37-40(5)6)54(77)70-62(11,12)59(82)71-60(7,8)57(80)64-33-34-72(13)14)68-58(81)61(9,10)69-53(76)47(36-39(3)4)66-51(74)45(30-25-41-21-17-15-18-22-41)65-55(78)50-32-31-49(42-23-19-16-20-24-42)73(50)56(79)43-26-28-44(63)29-27-43/h16,19-20,23-24,26-29,38-41,45-50H,15,17-18,21-22,25,30-37H2,1-14H3,(H,64,80)(H,65,78)(H,66,74)(H,67,75)(H,68,81)(H,69,76)(H,70,77)(H,71,82)/t45-,46-,47-,48-,49+,50-/m0/s1. The van der Waals surface area contributed by atoms with Crippen LogP contribution in [0.25, 0.3) is 0 Å². The van der Waals surface area contributed by atoms with Gasteiger partial charge in [-0.3, -0.25) is 43.2 Å². The summed E-state index contributed by atoms with van der Waals surface area (Å²) in [7, 11) is 3.74. The van der Waals surface area contributed by atoms with Gasteiger partial charge in [0.25, 0.3) is 5.91 Å². The normalized spacial score (nSPS) is 17.6. The fourth-order valence-corrected chi connectivity index (χ4v) is 10.5. The van der Waals surface area contributed by atoms with Crippen LogP contribution < -0.4 is 42.5 Å². The molecule has 0 spiro atoms. The first-order valence-corrected chi connectivity index (χ1v) is 29.6. The van der Waals surface area contributed by atoms with Crippen LogP contribution in [0, 0.1) is 29.5 Å². The lowest BCUT2D eigenvalue weighted by molar-refractivity contribution is -0.139. The molecule has 1 saturated heterocycles. The van der Waals surface area contributed by atoms with E-state index in [1.165, 1.54) is 56.9 Å². The van der Waals surface area contributed by atoms with Crippen molar-refractivity contribution in [3.63, 3.8) is 0 Å². The summed E-state index contributed by atoms with van der Waals surface area (Å²) in [5, 5.41) is 22.6. The van der Waals surface area contributed by atoms with Crippen molar-refractivity contribution in [3.8, 4) is 0 Å². The van der Waals surface area contributed by atoms with Gasteiger partial charge in [-0.2, -0.15) is 0 Å². The minimum atomic E-state index is -1.65. The van der Waals surface area contributed by atoms with Gasteiger partial charge < -0.3 is 52.3 Å². The van der Waals surface area contributed by atoms with Crippen molar-refractivity contribution in [2.24, 2.45) is 23.7 Å². The van der Waals surface area contributed by atoms with E-state index in [-0.39, 0.29) is 49.0 Å². The molecule has 2 aromatic carbocycles. The zero-order chi connectivity index (χ0) is 61.3. The molecule has 20 heteroatoms. The summed E-state index contributed by atoms with van der Waals surface area (Å²) in [5.74, 6) is -5.81. The molecule has 8 N–H and O–H groups in total. The third-order valence-corrected chi connectivity index (χ3v) is 15.3. The average molecular weight is 1150 g/mol. The van der Waals surface area contributed by atoms with Gasteiger partial charge >= 0.3 is 0 Å². The smallest absolute Gasteiger partial charge is 0.255 e. The van der Waals surface area contributed by atoms with Gasteiger partial charge in [0.2, 0.25) is 47.3 Å². The number of nitrogens with one attached hydrogen (secondary N) is 8. The van der Waals surface area contributed by atoms with Gasteiger partial charge in [-0.25, -0.2) is 4.39 Å². The molecule has 456 valence electrons. The van der Waals surface area contributed by atoms with E-state index in [1.54, 1.807) is 13.8 Å². The molecular formula is C62H97FN10O9. The largest absolute Gasteiger partial charge is 0.353 e. The third kappa shape index (κ3) is 20.8. The summed E-state index contributed by atoms with van der Waals surface area (Å²) in [4.78, 5) is 131. The maximum atomic E-state index is 14.7. The van der Waals surface area contributed by atoms with Crippen LogP contribution in [0.4, 0.5) is 4.39 Å². The average Bonchev–Trinajstić information content (AvgIpc) is 3.99. The molecule has 82 heavy (non-hydrogen) atoms. The zero-order valence-corrected chi connectivity index (χ0v) is 51.3. The van der Waals surface area contributed by atoms with Crippen molar-refractivity contribution in [3.05, 3.63) is 71.5 Å². The number of amides is 9. The summed E-state index contributed by atoms with van der Waals surface area (Å²) in [5.41, 5.74) is -3.45. The first kappa shape index (κ1) is 68.1. The number of benzene rings is 2. The van der Waals surface area contributed by atoms with E-state index >= 15 is 0 Å². The van der Waals surface area contributed by atoms with Crippen molar-refractivity contribution >= 4 is 53.2 Å². The lowest BCUT2D eigenvalue weighted by Gasteiger charge is -2.34. The molecule has 9 amide bonds. The van der Waals surface area contributed by atoms with Gasteiger partial charge in [0.15, 0.2) is 0 Å². The lowest BCUT2D eigenvalue weighted by atomic mass is 9.85. The van der Waals surface area contributed by atoms with Crippen LogP contribution in [-0.2, 0) is 38.4 Å². The highest BCUT2D eigenvalue weighted by Crippen LogP contribution is 2.38. The first-order valence-electron chi connectivity index (χ1n) is 29.6. The van der Waals surface area contributed by atoms with Gasteiger partial charge in [-0.1, -0.05) is 104 Å². The zero-order valence-electron chi connectivity index (χ0n) is 51.3. The van der Waals surface area contributed by atoms with Crippen LogP contribution in [0.5, 0.6) is 0 Å². The number of likely N-dealkylation sites (tertiary alicyclic amines) is 1. The predicted octanol–water partition coefficient (Wildman–Crippen LogP) is 5.97. The Balaban J connectivity index is 1.52. The summed E-state index contributed by atoms with van der Waals surface area (Å²) >= 11 is 0. The van der Waals surface area contributed by atoms with Crippen molar-refractivity contribution in [1.82, 2.24) is 52.3 Å². The molecule has 4 rings (SSSR count). The molecule has 1 aliphatic heterocycles. The second-order valence-corrected chi connectivity index (χ2v) is 25.8. The SMILES string of the molecule is CC(C)C[C@H](NC(=O)[C@H](CCC1CCCCC1)NC(=O)[C@@H]1CC[C@H](c2ccccc2)N1C(=O)c1ccc(F)cc1)C(=O)NC(C)(C)C(=O)N[C@@H](CC(C)C)C(=O)N[C@@H](CC(C)C)C(=O)NC(C)(C)C(=O)NC(C)(C)C(=O)NCCN(C)C. The van der Waals surface area contributed by atoms with Crippen LogP contribution in [0.2, 0.25) is 0 Å². The molecule has 6 atom stereocenters. The highest BCUT2D eigenvalue weighted by atomic mass is 19.1. The number of nitrogens with zero attached hydrogens (tertiary/aromatic N) is 2. The van der Waals surface area contributed by atoms with Crippen molar-refractivity contribution in [1.29, 1.82) is 0 Å². The van der Waals surface area contributed by atoms with E-state index in [0.717, 1.165) is 37.7 Å². The second kappa shape index (κ2) is 30.7. The fraction of sp³-hybridized carbons (Fsp3) is 0.661. The molecule has 2 fully saturated rings. The van der Waals surface area contributed by atoms with E-state index in [2.05, 4.69) is 42.5 Å². The molecular weight excluding hydrogens is 1050 g/mol. The number of hydrogen-bond donors (Lipinski definition) is 8. The van der Waals surface area contributed by atoms with E-state index in [4.69, 9.17) is 0 Å². The number of likely N-dealkylation sites (N-methyl/N-ethyl adjacent to an activating group) is 1. The van der Waals surface area contributed by atoms with Gasteiger partial charge in [-0.15, -0.1) is 0 Å².